The molecular formula is C28H38ClN3O5S. The number of methoxy groups -OCH3 is 1. The van der Waals surface area contributed by atoms with Gasteiger partial charge >= 0.3 is 0 Å². The van der Waals surface area contributed by atoms with Crippen molar-refractivity contribution in [3.05, 3.63) is 58.6 Å². The van der Waals surface area contributed by atoms with Gasteiger partial charge < -0.3 is 15.0 Å². The summed E-state index contributed by atoms with van der Waals surface area (Å²) in [7, 11) is -2.39. The Kier molecular flexibility index (Phi) is 10.4. The van der Waals surface area contributed by atoms with Crippen molar-refractivity contribution in [2.75, 3.05) is 24.2 Å². The number of nitrogens with zero attached hydrogens (tertiary/aromatic N) is 2. The van der Waals surface area contributed by atoms with E-state index in [1.54, 1.807) is 6.07 Å². The predicted octanol–water partition coefficient (Wildman–Crippen LogP) is 4.68. The number of halogens is 1. The summed E-state index contributed by atoms with van der Waals surface area (Å²) in [6, 6.07) is 11.6. The van der Waals surface area contributed by atoms with Crippen LogP contribution in [-0.2, 0) is 26.2 Å². The number of benzene rings is 2. The molecule has 0 aliphatic heterocycles. The molecule has 38 heavy (non-hydrogen) atoms. The molecule has 1 aliphatic carbocycles. The number of rotatable bonds is 11. The van der Waals surface area contributed by atoms with Gasteiger partial charge in [-0.1, -0.05) is 67.6 Å². The van der Waals surface area contributed by atoms with Crippen LogP contribution in [0.1, 0.15) is 56.6 Å². The van der Waals surface area contributed by atoms with E-state index in [0.29, 0.717) is 12.2 Å². The van der Waals surface area contributed by atoms with Crippen molar-refractivity contribution < 1.29 is 22.7 Å². The van der Waals surface area contributed by atoms with Gasteiger partial charge in [-0.3, -0.25) is 13.9 Å². The fraction of sp³-hybridized carbons (Fsp3) is 0.500. The number of sulfonamides is 1. The SMILES string of the molecule is CCC(C(=O)NC1CCCCC1)N(Cc1cccc(C)c1)C(=O)CN(c1ccc(OC)c(Cl)c1)S(C)(=O)=O. The van der Waals surface area contributed by atoms with Crippen LogP contribution in [0.15, 0.2) is 42.5 Å². The zero-order valence-electron chi connectivity index (χ0n) is 22.6. The van der Waals surface area contributed by atoms with Crippen molar-refractivity contribution in [3.63, 3.8) is 0 Å². The number of anilines is 1. The molecule has 0 aromatic heterocycles. The van der Waals surface area contributed by atoms with Gasteiger partial charge in [0.2, 0.25) is 21.8 Å². The summed E-state index contributed by atoms with van der Waals surface area (Å²) in [6.45, 7) is 3.53. The maximum Gasteiger partial charge on any atom is 0.244 e. The van der Waals surface area contributed by atoms with Gasteiger partial charge in [0.1, 0.15) is 18.3 Å². The smallest absolute Gasteiger partial charge is 0.244 e. The first kappa shape index (κ1) is 29.8. The van der Waals surface area contributed by atoms with E-state index in [0.717, 1.165) is 53.8 Å². The molecule has 0 bridgehead atoms. The lowest BCUT2D eigenvalue weighted by Crippen LogP contribution is -2.53. The molecule has 0 spiro atoms. The number of hydrogen-bond donors (Lipinski definition) is 1. The van der Waals surface area contributed by atoms with Gasteiger partial charge in [0, 0.05) is 12.6 Å². The van der Waals surface area contributed by atoms with Crippen molar-refractivity contribution in [2.45, 2.75) is 71.0 Å². The topological polar surface area (TPSA) is 96.0 Å². The Bertz CT molecular complexity index is 1230. The maximum atomic E-state index is 13.9. The van der Waals surface area contributed by atoms with Crippen LogP contribution in [0.2, 0.25) is 5.02 Å². The third kappa shape index (κ3) is 7.86. The fourth-order valence-electron chi connectivity index (χ4n) is 4.90. The second-order valence-electron chi connectivity index (χ2n) is 9.87. The van der Waals surface area contributed by atoms with Gasteiger partial charge in [0.15, 0.2) is 0 Å². The lowest BCUT2D eigenvalue weighted by atomic mass is 9.95. The standard InChI is InChI=1S/C28H38ClN3O5S/c1-5-25(28(34)30-22-12-7-6-8-13-22)31(18-21-11-9-10-20(2)16-21)27(33)19-32(38(4,35)36)23-14-15-26(37-3)24(29)17-23/h9-11,14-17,22,25H,5-8,12-13,18-19H2,1-4H3,(H,30,34). The van der Waals surface area contributed by atoms with Crippen molar-refractivity contribution in [1.29, 1.82) is 0 Å². The van der Waals surface area contributed by atoms with Crippen LogP contribution < -0.4 is 14.4 Å². The molecule has 1 unspecified atom stereocenters. The molecule has 0 radical (unpaired) electrons. The second kappa shape index (κ2) is 13.3. The van der Waals surface area contributed by atoms with Crippen LogP contribution in [0.25, 0.3) is 0 Å². The Labute approximate surface area is 231 Å². The van der Waals surface area contributed by atoms with Gasteiger partial charge in [-0.05, 0) is 49.9 Å². The molecule has 0 saturated heterocycles. The minimum Gasteiger partial charge on any atom is -0.495 e. The van der Waals surface area contributed by atoms with Crippen LogP contribution in [0, 0.1) is 6.92 Å². The van der Waals surface area contributed by atoms with E-state index in [1.165, 1.54) is 24.1 Å². The highest BCUT2D eigenvalue weighted by Crippen LogP contribution is 2.30. The van der Waals surface area contributed by atoms with E-state index in [2.05, 4.69) is 5.32 Å². The minimum atomic E-state index is -3.85. The molecule has 208 valence electrons. The molecule has 2 aromatic carbocycles. The minimum absolute atomic E-state index is 0.0928. The number of amides is 2. The average Bonchev–Trinajstić information content (AvgIpc) is 2.87. The largest absolute Gasteiger partial charge is 0.495 e. The van der Waals surface area contributed by atoms with Crippen LogP contribution in [0.5, 0.6) is 5.75 Å². The highest BCUT2D eigenvalue weighted by atomic mass is 35.5. The molecule has 8 nitrogen and oxygen atoms in total. The number of aryl methyl sites for hydroxylation is 1. The van der Waals surface area contributed by atoms with Gasteiger partial charge in [-0.2, -0.15) is 0 Å². The second-order valence-corrected chi connectivity index (χ2v) is 12.2. The predicted molar refractivity (Wildman–Crippen MR) is 151 cm³/mol. The highest BCUT2D eigenvalue weighted by Gasteiger charge is 2.33. The third-order valence-corrected chi connectivity index (χ3v) is 8.31. The van der Waals surface area contributed by atoms with Crippen molar-refractivity contribution >= 4 is 39.1 Å². The number of carbonyl (C=O) groups is 2. The summed E-state index contributed by atoms with van der Waals surface area (Å²) in [5.41, 5.74) is 2.13. The van der Waals surface area contributed by atoms with Crippen LogP contribution in [0.4, 0.5) is 5.69 Å². The average molecular weight is 564 g/mol. The monoisotopic (exact) mass is 563 g/mol. The molecule has 3 rings (SSSR count). The van der Waals surface area contributed by atoms with Gasteiger partial charge in [-0.15, -0.1) is 0 Å². The number of carbonyl (C=O) groups excluding carboxylic acids is 2. The van der Waals surface area contributed by atoms with E-state index < -0.39 is 28.5 Å². The Morgan fingerprint density at radius 3 is 2.42 bits per heavy atom. The van der Waals surface area contributed by atoms with Crippen LogP contribution >= 0.6 is 11.6 Å². The molecule has 1 atom stereocenters. The van der Waals surface area contributed by atoms with E-state index in [-0.39, 0.29) is 29.2 Å². The fourth-order valence-corrected chi connectivity index (χ4v) is 5.99. The molecule has 1 N–H and O–H groups in total. The molecule has 2 amide bonds. The molecule has 10 heteroatoms. The zero-order valence-corrected chi connectivity index (χ0v) is 24.1. The maximum absolute atomic E-state index is 13.9. The van der Waals surface area contributed by atoms with E-state index in [1.807, 2.05) is 38.1 Å². The number of ether oxygens (including phenoxy) is 1. The Hall–Kier alpha value is -2.78. The van der Waals surface area contributed by atoms with Crippen LogP contribution in [-0.4, -0.2) is 57.1 Å². The lowest BCUT2D eigenvalue weighted by molar-refractivity contribution is -0.140. The third-order valence-electron chi connectivity index (χ3n) is 6.88. The molecular weight excluding hydrogens is 526 g/mol. The quantitative estimate of drug-likeness (QED) is 0.428. The molecule has 0 heterocycles. The first-order valence-electron chi connectivity index (χ1n) is 13.0. The Balaban J connectivity index is 1.93. The normalized spacial score (nSPS) is 15.0. The first-order valence-corrected chi connectivity index (χ1v) is 15.2. The summed E-state index contributed by atoms with van der Waals surface area (Å²) in [5, 5.41) is 3.36. The van der Waals surface area contributed by atoms with Crippen LogP contribution in [0.3, 0.4) is 0 Å². The first-order chi connectivity index (χ1) is 18.0. The molecule has 1 fully saturated rings. The van der Waals surface area contributed by atoms with Crippen molar-refractivity contribution in [3.8, 4) is 5.75 Å². The van der Waals surface area contributed by atoms with Crippen molar-refractivity contribution in [1.82, 2.24) is 10.2 Å². The highest BCUT2D eigenvalue weighted by molar-refractivity contribution is 7.92. The van der Waals surface area contributed by atoms with Gasteiger partial charge in [0.05, 0.1) is 24.1 Å². The molecule has 1 saturated carbocycles. The Morgan fingerprint density at radius 2 is 1.84 bits per heavy atom. The van der Waals surface area contributed by atoms with E-state index in [9.17, 15) is 18.0 Å². The number of hydrogen-bond acceptors (Lipinski definition) is 5. The summed E-state index contributed by atoms with van der Waals surface area (Å²) >= 11 is 6.26. The van der Waals surface area contributed by atoms with Crippen molar-refractivity contribution in [2.24, 2.45) is 0 Å². The number of nitrogens with one attached hydrogen (secondary N) is 1. The van der Waals surface area contributed by atoms with E-state index in [4.69, 9.17) is 16.3 Å². The van der Waals surface area contributed by atoms with Gasteiger partial charge in [0.25, 0.3) is 0 Å². The zero-order chi connectivity index (χ0) is 27.9. The molecule has 1 aliphatic rings. The summed E-state index contributed by atoms with van der Waals surface area (Å²) in [5.74, 6) is -0.296. The molecule has 2 aromatic rings. The summed E-state index contributed by atoms with van der Waals surface area (Å²) in [4.78, 5) is 28.8. The van der Waals surface area contributed by atoms with Gasteiger partial charge in [-0.25, -0.2) is 8.42 Å². The Morgan fingerprint density at radius 1 is 1.13 bits per heavy atom. The van der Waals surface area contributed by atoms with E-state index >= 15 is 0 Å². The summed E-state index contributed by atoms with van der Waals surface area (Å²) in [6.07, 6.45) is 6.59. The summed E-state index contributed by atoms with van der Waals surface area (Å²) < 4.78 is 31.8. The lowest BCUT2D eigenvalue weighted by Gasteiger charge is -2.34.